The molecule has 0 saturated carbocycles. The fourth-order valence-electron chi connectivity index (χ4n) is 5.53. The Kier molecular flexibility index (Phi) is 6.79. The number of fused-ring (bicyclic) bond motifs is 1. The van der Waals surface area contributed by atoms with Crippen molar-refractivity contribution >= 4 is 0 Å². The monoisotopic (exact) mass is 495 g/mol. The van der Waals surface area contributed by atoms with Crippen molar-refractivity contribution in [1.29, 1.82) is 0 Å². The average Bonchev–Trinajstić information content (AvgIpc) is 3.40. The first-order valence-electron chi connectivity index (χ1n) is 13.1. The molecule has 4 heterocycles. The molecule has 0 bridgehead atoms. The maximum absolute atomic E-state index is 11.1. The molecule has 2 aromatic carbocycles. The first-order valence-corrected chi connectivity index (χ1v) is 13.1. The van der Waals surface area contributed by atoms with E-state index in [-0.39, 0.29) is 0 Å². The van der Waals surface area contributed by atoms with Crippen LogP contribution in [0.2, 0.25) is 0 Å². The lowest BCUT2D eigenvalue weighted by molar-refractivity contribution is -0.0279. The van der Waals surface area contributed by atoms with Gasteiger partial charge in [0, 0.05) is 68.4 Å². The van der Waals surface area contributed by atoms with Gasteiger partial charge in [0.25, 0.3) is 0 Å². The lowest BCUT2D eigenvalue weighted by Gasteiger charge is -2.38. The number of aliphatic hydroxyl groups is 1. The van der Waals surface area contributed by atoms with E-state index in [9.17, 15) is 5.11 Å². The number of benzene rings is 2. The molecule has 6 rings (SSSR count). The molecule has 6 heteroatoms. The van der Waals surface area contributed by atoms with E-state index in [1.54, 1.807) is 18.7 Å². The molecule has 1 N–H and O–H groups in total. The third-order valence-electron chi connectivity index (χ3n) is 7.61. The van der Waals surface area contributed by atoms with Crippen LogP contribution in [0, 0.1) is 0 Å². The predicted molar refractivity (Wildman–Crippen MR) is 143 cm³/mol. The van der Waals surface area contributed by atoms with Crippen LogP contribution in [0.1, 0.15) is 35.1 Å². The molecule has 0 atom stereocenters. The Morgan fingerprint density at radius 2 is 1.73 bits per heavy atom. The molecule has 190 valence electrons. The highest BCUT2D eigenvalue weighted by Crippen LogP contribution is 2.33. The zero-order valence-corrected chi connectivity index (χ0v) is 21.1. The van der Waals surface area contributed by atoms with Gasteiger partial charge in [-0.3, -0.25) is 14.8 Å². The summed E-state index contributed by atoms with van der Waals surface area (Å²) in [5.74, 6) is 1.88. The topological polar surface area (TPSA) is 62.0 Å². The highest BCUT2D eigenvalue weighted by atomic mass is 16.5. The zero-order valence-electron chi connectivity index (χ0n) is 21.1. The molecule has 2 aliphatic heterocycles. The van der Waals surface area contributed by atoms with Crippen molar-refractivity contribution in [1.82, 2.24) is 14.8 Å². The number of nitrogens with zero attached hydrogens (tertiary/aromatic N) is 3. The van der Waals surface area contributed by atoms with Crippen LogP contribution in [0.3, 0.4) is 0 Å². The van der Waals surface area contributed by atoms with Gasteiger partial charge >= 0.3 is 0 Å². The number of aromatic nitrogens is 1. The van der Waals surface area contributed by atoms with Crippen LogP contribution >= 0.6 is 0 Å². The largest absolute Gasteiger partial charge is 0.492 e. The SMILES string of the molecule is OC1(c2cccnc2)CCN(Cc2ccc3c(c2)CN(Cc2cccc(-c4ccco4)c2)CCO3)CC1. The summed E-state index contributed by atoms with van der Waals surface area (Å²) in [5, 5.41) is 11.1. The number of rotatable bonds is 6. The van der Waals surface area contributed by atoms with Gasteiger partial charge in [0.15, 0.2) is 0 Å². The number of hydrogen-bond acceptors (Lipinski definition) is 6. The summed E-state index contributed by atoms with van der Waals surface area (Å²) in [5.41, 5.74) is 5.04. The number of likely N-dealkylation sites (tertiary alicyclic amines) is 1. The highest BCUT2D eigenvalue weighted by molar-refractivity contribution is 5.58. The second kappa shape index (κ2) is 10.5. The quantitative estimate of drug-likeness (QED) is 0.396. The Bertz CT molecular complexity index is 1310. The fraction of sp³-hybridized carbons (Fsp3) is 0.323. The minimum Gasteiger partial charge on any atom is -0.492 e. The van der Waals surface area contributed by atoms with Crippen LogP contribution in [0.15, 0.2) is 89.8 Å². The number of hydrogen-bond donors (Lipinski definition) is 1. The second-order valence-corrected chi connectivity index (χ2v) is 10.2. The normalized spacial score (nSPS) is 18.1. The maximum Gasteiger partial charge on any atom is 0.133 e. The Balaban J connectivity index is 1.10. The summed E-state index contributed by atoms with van der Waals surface area (Å²) in [6.07, 6.45) is 6.70. The molecule has 4 aromatic rings. The summed E-state index contributed by atoms with van der Waals surface area (Å²) < 4.78 is 11.7. The fourth-order valence-corrected chi connectivity index (χ4v) is 5.53. The van der Waals surface area contributed by atoms with Crippen molar-refractivity contribution in [2.45, 2.75) is 38.1 Å². The van der Waals surface area contributed by atoms with E-state index < -0.39 is 5.60 Å². The van der Waals surface area contributed by atoms with Gasteiger partial charge in [0.1, 0.15) is 18.1 Å². The molecule has 0 unspecified atom stereocenters. The van der Waals surface area contributed by atoms with E-state index in [1.807, 2.05) is 24.3 Å². The molecule has 0 amide bonds. The zero-order chi connectivity index (χ0) is 25.1. The summed E-state index contributed by atoms with van der Waals surface area (Å²) in [6, 6.07) is 23.0. The third-order valence-corrected chi connectivity index (χ3v) is 7.61. The van der Waals surface area contributed by atoms with Crippen LogP contribution in [-0.4, -0.2) is 46.1 Å². The Hall–Kier alpha value is -3.45. The first kappa shape index (κ1) is 23.9. The number of pyridine rings is 1. The van der Waals surface area contributed by atoms with E-state index in [1.165, 1.54) is 16.7 Å². The molecule has 0 radical (unpaired) electrons. The van der Waals surface area contributed by atoms with Crippen molar-refractivity contribution in [2.75, 3.05) is 26.2 Å². The maximum atomic E-state index is 11.1. The predicted octanol–water partition coefficient (Wildman–Crippen LogP) is 5.22. The van der Waals surface area contributed by atoms with Crippen LogP contribution in [0.4, 0.5) is 0 Å². The Morgan fingerprint density at radius 3 is 2.54 bits per heavy atom. The van der Waals surface area contributed by atoms with Crippen LogP contribution < -0.4 is 4.74 Å². The molecular weight excluding hydrogens is 462 g/mol. The van der Waals surface area contributed by atoms with E-state index in [2.05, 4.69) is 57.2 Å². The molecule has 0 spiro atoms. The molecule has 1 saturated heterocycles. The minimum absolute atomic E-state index is 0.684. The summed E-state index contributed by atoms with van der Waals surface area (Å²) >= 11 is 0. The standard InChI is InChI=1S/C31H33N3O3/c35-31(28-6-2-12-32-20-28)10-13-33(14-11-31)21-25-8-9-30-27(19-25)23-34(15-17-37-30)22-24-4-1-5-26(18-24)29-7-3-16-36-29/h1-9,12,16,18-20,35H,10-11,13-15,17,21-23H2. The van der Waals surface area contributed by atoms with Gasteiger partial charge in [0.2, 0.25) is 0 Å². The molecule has 0 aliphatic carbocycles. The van der Waals surface area contributed by atoms with Crippen molar-refractivity contribution < 1.29 is 14.3 Å². The van der Waals surface area contributed by atoms with Gasteiger partial charge < -0.3 is 14.3 Å². The van der Waals surface area contributed by atoms with Gasteiger partial charge in [-0.2, -0.15) is 0 Å². The van der Waals surface area contributed by atoms with Crippen LogP contribution in [0.25, 0.3) is 11.3 Å². The van der Waals surface area contributed by atoms with E-state index >= 15 is 0 Å². The van der Waals surface area contributed by atoms with Gasteiger partial charge in [-0.05, 0) is 60.4 Å². The molecular formula is C31H33N3O3. The molecule has 2 aromatic heterocycles. The second-order valence-electron chi connectivity index (χ2n) is 10.2. The highest BCUT2D eigenvalue weighted by Gasteiger charge is 2.34. The van der Waals surface area contributed by atoms with Crippen molar-refractivity contribution in [2.24, 2.45) is 0 Å². The summed E-state index contributed by atoms with van der Waals surface area (Å²) in [4.78, 5) is 9.08. The van der Waals surface area contributed by atoms with Crippen molar-refractivity contribution in [3.8, 4) is 17.1 Å². The third kappa shape index (κ3) is 5.47. The molecule has 37 heavy (non-hydrogen) atoms. The van der Waals surface area contributed by atoms with E-state index in [4.69, 9.17) is 9.15 Å². The Labute approximate surface area is 218 Å². The summed E-state index contributed by atoms with van der Waals surface area (Å²) in [7, 11) is 0. The van der Waals surface area contributed by atoms with E-state index in [0.29, 0.717) is 6.61 Å². The number of furan rings is 1. The smallest absolute Gasteiger partial charge is 0.133 e. The molecule has 6 nitrogen and oxygen atoms in total. The number of piperidine rings is 1. The first-order chi connectivity index (χ1) is 18.1. The lowest BCUT2D eigenvalue weighted by Crippen LogP contribution is -2.42. The van der Waals surface area contributed by atoms with Gasteiger partial charge in [-0.25, -0.2) is 0 Å². The average molecular weight is 496 g/mol. The van der Waals surface area contributed by atoms with Gasteiger partial charge in [-0.1, -0.05) is 30.3 Å². The summed E-state index contributed by atoms with van der Waals surface area (Å²) in [6.45, 7) is 5.88. The molecule has 1 fully saturated rings. The minimum atomic E-state index is -0.777. The molecule has 2 aliphatic rings. The van der Waals surface area contributed by atoms with E-state index in [0.717, 1.165) is 74.7 Å². The van der Waals surface area contributed by atoms with Gasteiger partial charge in [-0.15, -0.1) is 0 Å². The Morgan fingerprint density at radius 1 is 0.865 bits per heavy atom. The van der Waals surface area contributed by atoms with Crippen molar-refractivity contribution in [3.63, 3.8) is 0 Å². The van der Waals surface area contributed by atoms with Crippen LogP contribution in [0.5, 0.6) is 5.75 Å². The van der Waals surface area contributed by atoms with Gasteiger partial charge in [0.05, 0.1) is 11.9 Å². The lowest BCUT2D eigenvalue weighted by atomic mass is 9.85. The number of ether oxygens (including phenoxy) is 1. The van der Waals surface area contributed by atoms with Crippen molar-refractivity contribution in [3.05, 3.63) is 108 Å². The van der Waals surface area contributed by atoms with Crippen LogP contribution in [-0.2, 0) is 25.2 Å².